The number of nitrogens with zero attached hydrogens (tertiary/aromatic N) is 3. The van der Waals surface area contributed by atoms with Gasteiger partial charge in [-0.1, -0.05) is 42.8 Å². The molecule has 5 heteroatoms. The molecular weight excluding hydrogens is 310 g/mol. The van der Waals surface area contributed by atoms with Gasteiger partial charge in [-0.15, -0.1) is 0 Å². The van der Waals surface area contributed by atoms with Crippen LogP contribution in [0.2, 0.25) is 5.02 Å². The van der Waals surface area contributed by atoms with Crippen LogP contribution in [0.1, 0.15) is 18.2 Å². The van der Waals surface area contributed by atoms with Crippen molar-refractivity contribution in [2.24, 2.45) is 0 Å². The summed E-state index contributed by atoms with van der Waals surface area (Å²) in [6.45, 7) is 4.28. The highest BCUT2D eigenvalue weighted by Gasteiger charge is 2.10. The van der Waals surface area contributed by atoms with Crippen molar-refractivity contribution in [1.29, 1.82) is 0 Å². The van der Waals surface area contributed by atoms with Crippen LogP contribution in [0.3, 0.4) is 0 Å². The van der Waals surface area contributed by atoms with E-state index in [1.165, 1.54) is 0 Å². The first-order valence-electron chi connectivity index (χ1n) is 7.60. The Labute approximate surface area is 140 Å². The Morgan fingerprint density at radius 1 is 1.13 bits per heavy atom. The van der Waals surface area contributed by atoms with Crippen molar-refractivity contribution >= 4 is 17.2 Å². The first kappa shape index (κ1) is 15.7. The van der Waals surface area contributed by atoms with Crippen molar-refractivity contribution in [3.8, 4) is 0 Å². The number of hydrogen-bond acceptors (Lipinski definition) is 3. The molecule has 0 bridgehead atoms. The van der Waals surface area contributed by atoms with E-state index in [0.717, 1.165) is 29.4 Å². The van der Waals surface area contributed by atoms with E-state index in [0.29, 0.717) is 12.2 Å². The summed E-state index contributed by atoms with van der Waals surface area (Å²) in [5, 5.41) is 0.762. The second-order valence-corrected chi connectivity index (χ2v) is 5.82. The molecule has 0 unspecified atom stereocenters. The van der Waals surface area contributed by atoms with Crippen molar-refractivity contribution in [3.05, 3.63) is 81.4 Å². The van der Waals surface area contributed by atoms with Gasteiger partial charge in [-0.05, 0) is 30.3 Å². The molecule has 3 rings (SSSR count). The minimum atomic E-state index is -0.0561. The summed E-state index contributed by atoms with van der Waals surface area (Å²) >= 11 is 6.24. The molecule has 1 aromatic carbocycles. The highest BCUT2D eigenvalue weighted by atomic mass is 35.5. The lowest BCUT2D eigenvalue weighted by Crippen LogP contribution is -2.25. The number of halogens is 1. The predicted molar refractivity (Wildman–Crippen MR) is 92.7 cm³/mol. The molecule has 118 valence electrons. The molecule has 2 aromatic heterocycles. The molecule has 0 saturated carbocycles. The van der Waals surface area contributed by atoms with Gasteiger partial charge >= 0.3 is 0 Å². The van der Waals surface area contributed by atoms with E-state index in [4.69, 9.17) is 11.6 Å². The summed E-state index contributed by atoms with van der Waals surface area (Å²) < 4.78 is 1.55. The Hall–Kier alpha value is -2.17. The van der Waals surface area contributed by atoms with Crippen LogP contribution in [-0.4, -0.2) is 20.8 Å². The molecule has 0 spiro atoms. The van der Waals surface area contributed by atoms with Crippen molar-refractivity contribution in [2.75, 3.05) is 6.54 Å². The van der Waals surface area contributed by atoms with Crippen LogP contribution in [-0.2, 0) is 13.1 Å². The normalized spacial score (nSPS) is 11.3. The Morgan fingerprint density at radius 3 is 2.70 bits per heavy atom. The maximum absolute atomic E-state index is 12.2. The number of hydrogen-bond donors (Lipinski definition) is 0. The molecule has 0 amide bonds. The summed E-state index contributed by atoms with van der Waals surface area (Å²) in [7, 11) is 0. The number of benzene rings is 1. The van der Waals surface area contributed by atoms with Gasteiger partial charge < -0.3 is 0 Å². The smallest absolute Gasteiger partial charge is 0.258 e. The zero-order valence-electron chi connectivity index (χ0n) is 12.9. The molecule has 0 aliphatic rings. The molecule has 3 aromatic rings. The molecule has 0 radical (unpaired) electrons. The minimum absolute atomic E-state index is 0.0561. The number of pyridine rings is 1. The molecule has 2 heterocycles. The number of rotatable bonds is 5. The van der Waals surface area contributed by atoms with Gasteiger partial charge in [0.15, 0.2) is 0 Å². The lowest BCUT2D eigenvalue weighted by molar-refractivity contribution is 0.268. The van der Waals surface area contributed by atoms with Gasteiger partial charge in [-0.3, -0.25) is 14.1 Å². The molecular formula is C18H18ClN3O. The van der Waals surface area contributed by atoms with Gasteiger partial charge in [-0.25, -0.2) is 4.98 Å². The molecule has 0 saturated heterocycles. The molecule has 0 aliphatic carbocycles. The maximum Gasteiger partial charge on any atom is 0.258 e. The molecule has 23 heavy (non-hydrogen) atoms. The summed E-state index contributed by atoms with van der Waals surface area (Å²) in [5.41, 5.74) is 2.46. The van der Waals surface area contributed by atoms with E-state index in [9.17, 15) is 4.79 Å². The van der Waals surface area contributed by atoms with Crippen molar-refractivity contribution < 1.29 is 0 Å². The van der Waals surface area contributed by atoms with E-state index < -0.39 is 0 Å². The second-order valence-electron chi connectivity index (χ2n) is 5.41. The van der Waals surface area contributed by atoms with Crippen molar-refractivity contribution in [3.63, 3.8) is 0 Å². The maximum atomic E-state index is 12.2. The third kappa shape index (κ3) is 3.60. The fourth-order valence-electron chi connectivity index (χ4n) is 2.56. The van der Waals surface area contributed by atoms with Crippen LogP contribution in [0.25, 0.3) is 5.65 Å². The SMILES string of the molecule is CCN(Cc1cc(=O)n2ccccc2n1)Cc1ccccc1Cl. The first-order chi connectivity index (χ1) is 11.2. The van der Waals surface area contributed by atoms with E-state index >= 15 is 0 Å². The fourth-order valence-corrected chi connectivity index (χ4v) is 2.76. The lowest BCUT2D eigenvalue weighted by Gasteiger charge is -2.20. The van der Waals surface area contributed by atoms with Gasteiger partial charge in [0, 0.05) is 30.4 Å². The highest BCUT2D eigenvalue weighted by molar-refractivity contribution is 6.31. The average molecular weight is 328 g/mol. The topological polar surface area (TPSA) is 37.6 Å². The zero-order chi connectivity index (χ0) is 16.2. The monoisotopic (exact) mass is 327 g/mol. The average Bonchev–Trinajstić information content (AvgIpc) is 2.56. The Kier molecular flexibility index (Phi) is 4.74. The van der Waals surface area contributed by atoms with Crippen LogP contribution < -0.4 is 5.56 Å². The predicted octanol–water partition coefficient (Wildman–Crippen LogP) is 3.37. The van der Waals surface area contributed by atoms with Crippen LogP contribution in [0, 0.1) is 0 Å². The minimum Gasteiger partial charge on any atom is -0.293 e. The summed E-state index contributed by atoms with van der Waals surface area (Å²) in [5.74, 6) is 0. The van der Waals surface area contributed by atoms with E-state index in [-0.39, 0.29) is 5.56 Å². The van der Waals surface area contributed by atoms with Crippen molar-refractivity contribution in [1.82, 2.24) is 14.3 Å². The molecule has 0 fully saturated rings. The van der Waals surface area contributed by atoms with Gasteiger partial charge in [0.1, 0.15) is 5.65 Å². The second kappa shape index (κ2) is 6.94. The van der Waals surface area contributed by atoms with Crippen LogP contribution >= 0.6 is 11.6 Å². The lowest BCUT2D eigenvalue weighted by atomic mass is 10.2. The zero-order valence-corrected chi connectivity index (χ0v) is 13.7. The Bertz CT molecular complexity index is 875. The van der Waals surface area contributed by atoms with Gasteiger partial charge in [0.25, 0.3) is 5.56 Å². The largest absolute Gasteiger partial charge is 0.293 e. The van der Waals surface area contributed by atoms with Crippen LogP contribution in [0.5, 0.6) is 0 Å². The molecule has 4 nitrogen and oxygen atoms in total. The standard InChI is InChI=1S/C18H18ClN3O/c1-2-21(12-14-7-3-4-8-16(14)19)13-15-11-18(23)22-10-6-5-9-17(22)20-15/h3-11H,2,12-13H2,1H3. The quantitative estimate of drug-likeness (QED) is 0.721. The Morgan fingerprint density at radius 2 is 1.91 bits per heavy atom. The first-order valence-corrected chi connectivity index (χ1v) is 7.98. The van der Waals surface area contributed by atoms with Gasteiger partial charge in [0.2, 0.25) is 0 Å². The number of aromatic nitrogens is 2. The van der Waals surface area contributed by atoms with E-state index in [2.05, 4.69) is 16.8 Å². The fraction of sp³-hybridized carbons (Fsp3) is 0.222. The molecule has 0 aliphatic heterocycles. The van der Waals surface area contributed by atoms with Gasteiger partial charge in [0.05, 0.1) is 5.69 Å². The third-order valence-corrected chi connectivity index (χ3v) is 4.18. The number of fused-ring (bicyclic) bond motifs is 1. The van der Waals surface area contributed by atoms with Gasteiger partial charge in [-0.2, -0.15) is 0 Å². The Balaban J connectivity index is 1.84. The summed E-state index contributed by atoms with van der Waals surface area (Å²) in [4.78, 5) is 19.0. The van der Waals surface area contributed by atoms with E-state index in [1.54, 1.807) is 16.7 Å². The van der Waals surface area contributed by atoms with E-state index in [1.807, 2.05) is 42.5 Å². The van der Waals surface area contributed by atoms with Crippen LogP contribution in [0.4, 0.5) is 0 Å². The highest BCUT2D eigenvalue weighted by Crippen LogP contribution is 2.17. The summed E-state index contributed by atoms with van der Waals surface area (Å²) in [6.07, 6.45) is 1.73. The third-order valence-electron chi connectivity index (χ3n) is 3.81. The molecule has 0 N–H and O–H groups in total. The van der Waals surface area contributed by atoms with Crippen LogP contribution in [0.15, 0.2) is 59.5 Å². The molecule has 0 atom stereocenters. The van der Waals surface area contributed by atoms with Crippen molar-refractivity contribution in [2.45, 2.75) is 20.0 Å². The summed E-state index contributed by atoms with van der Waals surface area (Å²) in [6, 6.07) is 15.0.